The summed E-state index contributed by atoms with van der Waals surface area (Å²) < 4.78 is 0. The Morgan fingerprint density at radius 1 is 1.35 bits per heavy atom. The number of hydrogen-bond donors (Lipinski definition) is 0. The van der Waals surface area contributed by atoms with Crippen molar-refractivity contribution >= 4 is 11.3 Å². The van der Waals surface area contributed by atoms with Gasteiger partial charge in [0.05, 0.1) is 6.54 Å². The summed E-state index contributed by atoms with van der Waals surface area (Å²) in [4.78, 5) is 9.74. The van der Waals surface area contributed by atoms with Gasteiger partial charge in [0.25, 0.3) is 0 Å². The van der Waals surface area contributed by atoms with Crippen molar-refractivity contribution in [2.75, 3.05) is 13.1 Å². The number of rotatable bonds is 3. The van der Waals surface area contributed by atoms with Crippen LogP contribution in [-0.2, 0) is 6.54 Å². The van der Waals surface area contributed by atoms with Crippen LogP contribution in [0.5, 0.6) is 0 Å². The van der Waals surface area contributed by atoms with Crippen LogP contribution in [0.1, 0.15) is 31.7 Å². The van der Waals surface area contributed by atoms with E-state index in [1.807, 2.05) is 6.20 Å². The van der Waals surface area contributed by atoms with Gasteiger partial charge < -0.3 is 0 Å². The second-order valence-corrected chi connectivity index (χ2v) is 6.51. The summed E-state index contributed by atoms with van der Waals surface area (Å²) in [7, 11) is 0. The number of fused-ring (bicyclic) bond motifs is 3. The van der Waals surface area contributed by atoms with Crippen LogP contribution in [-0.4, -0.2) is 46.0 Å². The van der Waals surface area contributed by atoms with E-state index < -0.39 is 0 Å². The van der Waals surface area contributed by atoms with Crippen molar-refractivity contribution in [1.82, 2.24) is 14.8 Å². The van der Waals surface area contributed by atoms with Crippen molar-refractivity contribution in [3.05, 3.63) is 16.6 Å². The predicted octanol–water partition coefficient (Wildman–Crippen LogP) is 2.20. The average molecular weight is 251 g/mol. The van der Waals surface area contributed by atoms with Crippen LogP contribution in [0.15, 0.2) is 11.6 Å². The molecule has 0 saturated carbocycles. The van der Waals surface area contributed by atoms with Crippen LogP contribution in [0.3, 0.4) is 0 Å². The first-order valence-corrected chi connectivity index (χ1v) is 7.50. The fraction of sp³-hybridized carbons (Fsp3) is 0.769. The number of hydrogen-bond acceptors (Lipinski definition) is 4. The Bertz CT molecular complexity index is 363. The first-order chi connectivity index (χ1) is 8.24. The minimum absolute atomic E-state index is 0.699. The van der Waals surface area contributed by atoms with Crippen molar-refractivity contribution < 1.29 is 0 Å². The average Bonchev–Trinajstić information content (AvgIpc) is 2.82. The number of nitrogens with zero attached hydrogens (tertiary/aromatic N) is 3. The standard InChI is InChI=1S/C13H21N3S/c1-10(2)16-8-11-3-4-12(16)7-15(11)9-13-14-5-6-17-13/h5-6,10-12H,3-4,7-9H2,1-2H3. The van der Waals surface area contributed by atoms with Crippen molar-refractivity contribution in [3.63, 3.8) is 0 Å². The zero-order chi connectivity index (χ0) is 11.8. The van der Waals surface area contributed by atoms with E-state index >= 15 is 0 Å². The minimum atomic E-state index is 0.699. The molecule has 4 heteroatoms. The zero-order valence-corrected chi connectivity index (χ0v) is 11.5. The van der Waals surface area contributed by atoms with Crippen LogP contribution in [0.2, 0.25) is 0 Å². The second kappa shape index (κ2) is 4.67. The smallest absolute Gasteiger partial charge is 0.107 e. The molecule has 4 heterocycles. The summed E-state index contributed by atoms with van der Waals surface area (Å²) in [6.45, 7) is 8.21. The van der Waals surface area contributed by atoms with Gasteiger partial charge in [0.15, 0.2) is 0 Å². The van der Waals surface area contributed by atoms with E-state index in [1.165, 1.54) is 30.9 Å². The largest absolute Gasteiger partial charge is 0.295 e. The molecule has 17 heavy (non-hydrogen) atoms. The molecule has 0 radical (unpaired) electrons. The molecule has 4 rings (SSSR count). The van der Waals surface area contributed by atoms with Crippen LogP contribution >= 0.6 is 11.3 Å². The van der Waals surface area contributed by atoms with E-state index in [2.05, 4.69) is 34.0 Å². The lowest BCUT2D eigenvalue weighted by atomic mass is 9.90. The second-order valence-electron chi connectivity index (χ2n) is 5.53. The van der Waals surface area contributed by atoms with Gasteiger partial charge in [-0.05, 0) is 26.7 Å². The lowest BCUT2D eigenvalue weighted by Crippen LogP contribution is -2.63. The predicted molar refractivity (Wildman–Crippen MR) is 71.2 cm³/mol. The van der Waals surface area contributed by atoms with Crippen molar-refractivity contribution in [2.24, 2.45) is 0 Å². The third-order valence-corrected chi connectivity index (χ3v) is 4.93. The Labute approximate surface area is 107 Å². The van der Waals surface area contributed by atoms with Gasteiger partial charge in [-0.25, -0.2) is 4.98 Å². The fourth-order valence-electron chi connectivity index (χ4n) is 3.28. The number of piperidine rings is 2. The maximum Gasteiger partial charge on any atom is 0.107 e. The molecular formula is C13H21N3S. The lowest BCUT2D eigenvalue weighted by Gasteiger charge is -2.53. The first kappa shape index (κ1) is 11.6. The lowest BCUT2D eigenvalue weighted by molar-refractivity contribution is -0.0399. The highest BCUT2D eigenvalue weighted by Gasteiger charge is 2.39. The van der Waals surface area contributed by atoms with Crippen LogP contribution < -0.4 is 0 Å². The Hall–Kier alpha value is -0.450. The molecule has 1 aromatic rings. The van der Waals surface area contributed by atoms with Crippen LogP contribution in [0.25, 0.3) is 0 Å². The Balaban J connectivity index is 1.67. The van der Waals surface area contributed by atoms with E-state index in [9.17, 15) is 0 Å². The summed E-state index contributed by atoms with van der Waals surface area (Å²) >= 11 is 1.78. The van der Waals surface area contributed by atoms with Crippen molar-refractivity contribution in [1.29, 1.82) is 0 Å². The Morgan fingerprint density at radius 3 is 2.76 bits per heavy atom. The van der Waals surface area contributed by atoms with E-state index in [1.54, 1.807) is 11.3 Å². The maximum absolute atomic E-state index is 4.41. The summed E-state index contributed by atoms with van der Waals surface area (Å²) in [5, 5.41) is 3.35. The van der Waals surface area contributed by atoms with Crippen molar-refractivity contribution in [3.8, 4) is 0 Å². The molecule has 3 aliphatic rings. The Kier molecular flexibility index (Phi) is 3.19. The van der Waals surface area contributed by atoms with Gasteiger partial charge in [-0.1, -0.05) is 0 Å². The summed E-state index contributed by atoms with van der Waals surface area (Å²) in [6, 6.07) is 2.23. The molecule has 0 amide bonds. The van der Waals surface area contributed by atoms with Gasteiger partial charge in [-0.3, -0.25) is 9.80 Å². The molecule has 94 valence electrons. The van der Waals surface area contributed by atoms with E-state index in [0.29, 0.717) is 6.04 Å². The molecule has 1 aromatic heterocycles. The topological polar surface area (TPSA) is 19.4 Å². The third kappa shape index (κ3) is 2.26. The molecule has 3 fully saturated rings. The molecule has 2 unspecified atom stereocenters. The quantitative estimate of drug-likeness (QED) is 0.821. The maximum atomic E-state index is 4.41. The molecule has 3 nitrogen and oxygen atoms in total. The molecule has 2 bridgehead atoms. The minimum Gasteiger partial charge on any atom is -0.295 e. The number of aromatic nitrogens is 1. The SMILES string of the molecule is CC(C)N1CC2CCC1CN2Cc1nccs1. The summed E-state index contributed by atoms with van der Waals surface area (Å²) in [5.74, 6) is 0. The highest BCUT2D eigenvalue weighted by Crippen LogP contribution is 2.31. The van der Waals surface area contributed by atoms with Crippen LogP contribution in [0, 0.1) is 0 Å². The van der Waals surface area contributed by atoms with Crippen LogP contribution in [0.4, 0.5) is 0 Å². The molecular weight excluding hydrogens is 230 g/mol. The highest BCUT2D eigenvalue weighted by molar-refractivity contribution is 7.09. The van der Waals surface area contributed by atoms with Crippen molar-refractivity contribution in [2.45, 2.75) is 51.4 Å². The number of piperazine rings is 1. The van der Waals surface area contributed by atoms with Gasteiger partial charge in [-0.2, -0.15) is 0 Å². The third-order valence-electron chi connectivity index (χ3n) is 4.17. The normalized spacial score (nSPS) is 30.3. The van der Waals surface area contributed by atoms with Gasteiger partial charge >= 0.3 is 0 Å². The molecule has 0 spiro atoms. The number of thiazole rings is 1. The molecule has 0 aliphatic carbocycles. The van der Waals surface area contributed by atoms with Gasteiger partial charge in [0, 0.05) is 42.8 Å². The molecule has 3 aliphatic heterocycles. The summed E-state index contributed by atoms with van der Waals surface area (Å²) in [5.41, 5.74) is 0. The van der Waals surface area contributed by atoms with Gasteiger partial charge in [0.2, 0.25) is 0 Å². The van der Waals surface area contributed by atoms with E-state index in [0.717, 1.165) is 18.6 Å². The highest BCUT2D eigenvalue weighted by atomic mass is 32.1. The molecule has 3 saturated heterocycles. The Morgan fingerprint density at radius 2 is 2.18 bits per heavy atom. The van der Waals surface area contributed by atoms with E-state index in [-0.39, 0.29) is 0 Å². The van der Waals surface area contributed by atoms with Gasteiger partial charge in [-0.15, -0.1) is 11.3 Å². The fourth-order valence-corrected chi connectivity index (χ4v) is 3.92. The monoisotopic (exact) mass is 251 g/mol. The molecule has 0 N–H and O–H groups in total. The van der Waals surface area contributed by atoms with E-state index in [4.69, 9.17) is 0 Å². The summed E-state index contributed by atoms with van der Waals surface area (Å²) in [6.07, 6.45) is 4.68. The van der Waals surface area contributed by atoms with Gasteiger partial charge in [0.1, 0.15) is 5.01 Å². The first-order valence-electron chi connectivity index (χ1n) is 6.62. The molecule has 0 aromatic carbocycles. The molecule has 2 atom stereocenters. The zero-order valence-electron chi connectivity index (χ0n) is 10.7.